The molecule has 0 bridgehead atoms. The molecule has 206 valence electrons. The summed E-state index contributed by atoms with van der Waals surface area (Å²) >= 11 is 0. The number of unbranched alkanes of at least 4 members (excludes halogenated alkanes) is 6. The van der Waals surface area contributed by atoms with E-state index in [0.29, 0.717) is 24.7 Å². The largest absolute Gasteiger partial charge is 0.481 e. The second kappa shape index (κ2) is 15.2. The standard InChI is InChI=1S/C32H42O6/c1-5-7-9-11-18-35-28(33)21-37-31-26-15-13-14-24(4)30(26)32(25-17-16-23(3)20-27(25)31)38-22-29(34)36-19-12-10-8-6-2/h13-17,20H,5-12,18-19,21-22H2,1-4H3. The quantitative estimate of drug-likeness (QED) is 0.109. The maximum absolute atomic E-state index is 12.4. The maximum Gasteiger partial charge on any atom is 0.344 e. The van der Waals surface area contributed by atoms with Crippen LogP contribution in [0.15, 0.2) is 36.4 Å². The van der Waals surface area contributed by atoms with E-state index in [4.69, 9.17) is 18.9 Å². The maximum atomic E-state index is 12.4. The molecule has 0 aliphatic rings. The van der Waals surface area contributed by atoms with Gasteiger partial charge in [0.1, 0.15) is 11.5 Å². The van der Waals surface area contributed by atoms with Crippen LogP contribution >= 0.6 is 0 Å². The number of hydrogen-bond donors (Lipinski definition) is 0. The molecule has 0 radical (unpaired) electrons. The molecule has 0 N–H and O–H groups in total. The summed E-state index contributed by atoms with van der Waals surface area (Å²) in [7, 11) is 0. The SMILES string of the molecule is CCCCCCOC(=O)COc1c2cc(C)ccc2c(OCC(=O)OCCCCCC)c2c(C)cccc12. The van der Waals surface area contributed by atoms with Crippen molar-refractivity contribution in [3.63, 3.8) is 0 Å². The van der Waals surface area contributed by atoms with E-state index < -0.39 is 0 Å². The first-order valence-electron chi connectivity index (χ1n) is 14.0. The van der Waals surface area contributed by atoms with E-state index in [9.17, 15) is 9.59 Å². The van der Waals surface area contributed by atoms with Crippen LogP contribution in [0, 0.1) is 13.8 Å². The van der Waals surface area contributed by atoms with Gasteiger partial charge in [0.2, 0.25) is 0 Å². The number of fused-ring (bicyclic) bond motifs is 2. The van der Waals surface area contributed by atoms with Gasteiger partial charge in [0, 0.05) is 21.5 Å². The second-order valence-corrected chi connectivity index (χ2v) is 9.84. The third-order valence-electron chi connectivity index (χ3n) is 6.60. The topological polar surface area (TPSA) is 71.1 Å². The molecule has 3 aromatic carbocycles. The zero-order valence-electron chi connectivity index (χ0n) is 23.4. The number of hydrogen-bond acceptors (Lipinski definition) is 6. The van der Waals surface area contributed by atoms with Crippen molar-refractivity contribution in [2.75, 3.05) is 26.4 Å². The minimum absolute atomic E-state index is 0.176. The Hall–Kier alpha value is -3.28. The van der Waals surface area contributed by atoms with Crippen molar-refractivity contribution in [3.05, 3.63) is 47.5 Å². The van der Waals surface area contributed by atoms with E-state index in [1.165, 1.54) is 0 Å². The third kappa shape index (κ3) is 8.11. The average molecular weight is 523 g/mol. The molecule has 0 fully saturated rings. The Bertz CT molecular complexity index is 1210. The first kappa shape index (κ1) is 29.3. The highest BCUT2D eigenvalue weighted by Crippen LogP contribution is 2.44. The summed E-state index contributed by atoms with van der Waals surface area (Å²) < 4.78 is 23.0. The van der Waals surface area contributed by atoms with Crippen LogP contribution in [0.5, 0.6) is 11.5 Å². The number of benzene rings is 3. The van der Waals surface area contributed by atoms with Crippen LogP contribution in [0.2, 0.25) is 0 Å². The zero-order chi connectivity index (χ0) is 27.3. The molecule has 0 aliphatic carbocycles. The Kier molecular flexibility index (Phi) is 11.7. The van der Waals surface area contributed by atoms with Gasteiger partial charge in [-0.05, 0) is 38.3 Å². The fraction of sp³-hybridized carbons (Fsp3) is 0.500. The highest BCUT2D eigenvalue weighted by Gasteiger charge is 2.20. The van der Waals surface area contributed by atoms with Gasteiger partial charge >= 0.3 is 11.9 Å². The predicted octanol–water partition coefficient (Wildman–Crippen LogP) is 7.61. The van der Waals surface area contributed by atoms with Crippen molar-refractivity contribution in [1.82, 2.24) is 0 Å². The minimum Gasteiger partial charge on any atom is -0.481 e. The first-order chi connectivity index (χ1) is 18.5. The van der Waals surface area contributed by atoms with Crippen molar-refractivity contribution >= 4 is 33.5 Å². The number of aryl methyl sites for hydroxylation is 2. The van der Waals surface area contributed by atoms with Gasteiger partial charge in [-0.15, -0.1) is 0 Å². The zero-order valence-corrected chi connectivity index (χ0v) is 23.4. The minimum atomic E-state index is -0.384. The molecule has 3 rings (SSSR count). The lowest BCUT2D eigenvalue weighted by atomic mass is 9.96. The summed E-state index contributed by atoms with van der Waals surface area (Å²) in [5.41, 5.74) is 2.03. The lowest BCUT2D eigenvalue weighted by Crippen LogP contribution is -2.17. The van der Waals surface area contributed by atoms with Gasteiger partial charge in [-0.1, -0.05) is 88.3 Å². The smallest absolute Gasteiger partial charge is 0.344 e. The first-order valence-corrected chi connectivity index (χ1v) is 14.0. The molecular weight excluding hydrogens is 480 g/mol. The van der Waals surface area contributed by atoms with Gasteiger partial charge in [-0.25, -0.2) is 9.59 Å². The van der Waals surface area contributed by atoms with Crippen molar-refractivity contribution in [1.29, 1.82) is 0 Å². The van der Waals surface area contributed by atoms with Gasteiger partial charge in [-0.3, -0.25) is 0 Å². The highest BCUT2D eigenvalue weighted by atomic mass is 16.6. The van der Waals surface area contributed by atoms with E-state index in [1.54, 1.807) is 0 Å². The monoisotopic (exact) mass is 522 g/mol. The molecule has 0 saturated heterocycles. The van der Waals surface area contributed by atoms with Gasteiger partial charge in [-0.2, -0.15) is 0 Å². The molecule has 3 aromatic rings. The second-order valence-electron chi connectivity index (χ2n) is 9.84. The summed E-state index contributed by atoms with van der Waals surface area (Å²) in [4.78, 5) is 24.8. The van der Waals surface area contributed by atoms with E-state index in [-0.39, 0.29) is 25.2 Å². The molecule has 0 aliphatic heterocycles. The predicted molar refractivity (Wildman–Crippen MR) is 152 cm³/mol. The van der Waals surface area contributed by atoms with Crippen LogP contribution in [-0.2, 0) is 19.1 Å². The highest BCUT2D eigenvalue weighted by molar-refractivity contribution is 6.12. The molecular formula is C32H42O6. The van der Waals surface area contributed by atoms with E-state index in [0.717, 1.165) is 84.0 Å². The molecule has 0 atom stereocenters. The summed E-state index contributed by atoms with van der Waals surface area (Å²) in [5, 5.41) is 3.31. The Labute approximate surface area is 226 Å². The number of carbonyl (C=O) groups is 2. The molecule has 0 aromatic heterocycles. The summed E-state index contributed by atoms with van der Waals surface area (Å²) in [5.74, 6) is 0.452. The Morgan fingerprint density at radius 1 is 0.658 bits per heavy atom. The fourth-order valence-corrected chi connectivity index (χ4v) is 4.56. The molecule has 0 amide bonds. The molecule has 0 saturated carbocycles. The number of rotatable bonds is 16. The van der Waals surface area contributed by atoms with Crippen molar-refractivity contribution in [3.8, 4) is 11.5 Å². The summed E-state index contributed by atoms with van der Waals surface area (Å²) in [6, 6.07) is 11.9. The lowest BCUT2D eigenvalue weighted by molar-refractivity contribution is -0.147. The molecule has 38 heavy (non-hydrogen) atoms. The number of ether oxygens (including phenoxy) is 4. The van der Waals surface area contributed by atoms with Crippen molar-refractivity contribution in [2.24, 2.45) is 0 Å². The molecule has 0 spiro atoms. The summed E-state index contributed by atoms with van der Waals surface area (Å²) in [6.45, 7) is 8.76. The van der Waals surface area contributed by atoms with Crippen LogP contribution in [0.4, 0.5) is 0 Å². The van der Waals surface area contributed by atoms with Gasteiger partial charge in [0.25, 0.3) is 0 Å². The fourth-order valence-electron chi connectivity index (χ4n) is 4.56. The molecule has 6 heteroatoms. The van der Waals surface area contributed by atoms with Crippen molar-refractivity contribution < 1.29 is 28.5 Å². The van der Waals surface area contributed by atoms with E-state index >= 15 is 0 Å². The van der Waals surface area contributed by atoms with E-state index in [2.05, 4.69) is 13.8 Å². The van der Waals surface area contributed by atoms with Gasteiger partial charge in [0.15, 0.2) is 13.2 Å². The van der Waals surface area contributed by atoms with Crippen LogP contribution in [0.25, 0.3) is 21.5 Å². The van der Waals surface area contributed by atoms with Crippen molar-refractivity contribution in [2.45, 2.75) is 79.1 Å². The van der Waals surface area contributed by atoms with Crippen LogP contribution in [0.1, 0.15) is 76.3 Å². The molecule has 6 nitrogen and oxygen atoms in total. The van der Waals surface area contributed by atoms with Crippen LogP contribution in [0.3, 0.4) is 0 Å². The third-order valence-corrected chi connectivity index (χ3v) is 6.60. The Balaban J connectivity index is 1.84. The number of esters is 2. The number of carbonyl (C=O) groups excluding carboxylic acids is 2. The molecule has 0 heterocycles. The van der Waals surface area contributed by atoms with E-state index in [1.807, 2.05) is 50.2 Å². The van der Waals surface area contributed by atoms with Gasteiger partial charge in [0.05, 0.1) is 13.2 Å². The summed E-state index contributed by atoms with van der Waals surface area (Å²) in [6.07, 6.45) is 8.35. The lowest BCUT2D eigenvalue weighted by Gasteiger charge is -2.19. The average Bonchev–Trinajstić information content (AvgIpc) is 2.90. The van der Waals surface area contributed by atoms with Crippen LogP contribution < -0.4 is 9.47 Å². The normalized spacial score (nSPS) is 11.1. The van der Waals surface area contributed by atoms with Gasteiger partial charge < -0.3 is 18.9 Å². The Morgan fingerprint density at radius 3 is 1.87 bits per heavy atom. The van der Waals surface area contributed by atoms with Crippen LogP contribution in [-0.4, -0.2) is 38.4 Å². The Morgan fingerprint density at radius 2 is 1.26 bits per heavy atom. The molecule has 0 unspecified atom stereocenters.